The highest BCUT2D eigenvalue weighted by Crippen LogP contribution is 2.19. The van der Waals surface area contributed by atoms with Crippen molar-refractivity contribution in [2.75, 3.05) is 6.54 Å². The first-order valence-electron chi connectivity index (χ1n) is 7.86. The summed E-state index contributed by atoms with van der Waals surface area (Å²) in [6, 6.07) is 5.11. The van der Waals surface area contributed by atoms with Crippen LogP contribution in [0.5, 0.6) is 5.75 Å². The third-order valence-electron chi connectivity index (χ3n) is 3.57. The average Bonchev–Trinajstić information content (AvgIpc) is 2.49. The predicted octanol–water partition coefficient (Wildman–Crippen LogP) is 3.11. The molecule has 0 aliphatic carbocycles. The largest absolute Gasteiger partial charge is 0.507 e. The van der Waals surface area contributed by atoms with E-state index in [2.05, 4.69) is 5.32 Å². The predicted molar refractivity (Wildman–Crippen MR) is 85.2 cm³/mol. The number of unbranched alkanes of at least 4 members (excludes halogenated alkanes) is 4. The number of hydrogen-bond donors (Lipinski definition) is 3. The van der Waals surface area contributed by atoms with Crippen LogP contribution in [0.3, 0.4) is 0 Å². The van der Waals surface area contributed by atoms with Crippen molar-refractivity contribution in [2.45, 2.75) is 51.9 Å². The van der Waals surface area contributed by atoms with E-state index in [4.69, 9.17) is 5.11 Å². The van der Waals surface area contributed by atoms with Gasteiger partial charge in [-0.05, 0) is 37.0 Å². The normalized spacial score (nSPS) is 10.4. The van der Waals surface area contributed by atoms with Crippen molar-refractivity contribution >= 4 is 11.9 Å². The van der Waals surface area contributed by atoms with E-state index in [-0.39, 0.29) is 18.1 Å². The van der Waals surface area contributed by atoms with Gasteiger partial charge in [0.2, 0.25) is 0 Å². The van der Waals surface area contributed by atoms with E-state index in [0.29, 0.717) is 18.5 Å². The van der Waals surface area contributed by atoms with Crippen molar-refractivity contribution in [2.24, 2.45) is 0 Å². The van der Waals surface area contributed by atoms with Gasteiger partial charge >= 0.3 is 5.97 Å². The molecule has 122 valence electrons. The molecule has 0 aromatic heterocycles. The first-order chi connectivity index (χ1) is 10.5. The number of carbonyl (C=O) groups excluding carboxylic acids is 1. The first-order valence-corrected chi connectivity index (χ1v) is 7.86. The number of amides is 1. The number of carboxylic acid groups (broad SMARTS) is 1. The van der Waals surface area contributed by atoms with E-state index in [9.17, 15) is 14.7 Å². The number of phenolic OH excluding ortho intramolecular Hbond substituents is 1. The van der Waals surface area contributed by atoms with Gasteiger partial charge in [0.1, 0.15) is 5.75 Å². The molecule has 5 heteroatoms. The summed E-state index contributed by atoms with van der Waals surface area (Å²) in [6.07, 6.45) is 5.44. The Bertz CT molecular complexity index is 499. The zero-order valence-corrected chi connectivity index (χ0v) is 13.1. The Balaban J connectivity index is 2.19. The summed E-state index contributed by atoms with van der Waals surface area (Å²) in [6.45, 7) is 2.55. The molecule has 0 aliphatic rings. The summed E-state index contributed by atoms with van der Waals surface area (Å²) in [4.78, 5) is 22.3. The van der Waals surface area contributed by atoms with Crippen molar-refractivity contribution in [3.63, 3.8) is 0 Å². The zero-order chi connectivity index (χ0) is 16.4. The molecular formula is C17H25NO4. The van der Waals surface area contributed by atoms with Crippen molar-refractivity contribution in [1.29, 1.82) is 0 Å². The lowest BCUT2D eigenvalue weighted by Gasteiger charge is -2.08. The molecule has 22 heavy (non-hydrogen) atoms. The second-order valence-corrected chi connectivity index (χ2v) is 5.37. The maximum Gasteiger partial charge on any atom is 0.303 e. The van der Waals surface area contributed by atoms with Gasteiger partial charge in [-0.3, -0.25) is 9.59 Å². The van der Waals surface area contributed by atoms with E-state index in [1.165, 1.54) is 0 Å². The molecule has 0 unspecified atom stereocenters. The SMILES string of the molecule is CCc1ccc(C(=O)NCCCCCCCC(=O)O)c(O)c1. The van der Waals surface area contributed by atoms with E-state index in [1.807, 2.05) is 13.0 Å². The topological polar surface area (TPSA) is 86.6 Å². The summed E-state index contributed by atoms with van der Waals surface area (Å²) < 4.78 is 0. The number of benzene rings is 1. The summed E-state index contributed by atoms with van der Waals surface area (Å²) in [5, 5.41) is 21.1. The molecule has 0 aliphatic heterocycles. The van der Waals surface area contributed by atoms with Crippen LogP contribution in [0, 0.1) is 0 Å². The van der Waals surface area contributed by atoms with Crippen molar-refractivity contribution in [1.82, 2.24) is 5.32 Å². The summed E-state index contributed by atoms with van der Waals surface area (Å²) in [5.74, 6) is -0.988. The van der Waals surface area contributed by atoms with Crippen LogP contribution in [0.1, 0.15) is 61.4 Å². The van der Waals surface area contributed by atoms with Crippen molar-refractivity contribution < 1.29 is 19.8 Å². The fourth-order valence-corrected chi connectivity index (χ4v) is 2.22. The molecular weight excluding hydrogens is 282 g/mol. The molecule has 5 nitrogen and oxygen atoms in total. The number of carboxylic acids is 1. The van der Waals surface area contributed by atoms with Crippen LogP contribution in [0.25, 0.3) is 0 Å². The lowest BCUT2D eigenvalue weighted by molar-refractivity contribution is -0.137. The Morgan fingerprint density at radius 1 is 1.09 bits per heavy atom. The minimum atomic E-state index is -0.749. The number of carbonyl (C=O) groups is 2. The number of hydrogen-bond acceptors (Lipinski definition) is 3. The number of aromatic hydroxyl groups is 1. The molecule has 0 fully saturated rings. The highest BCUT2D eigenvalue weighted by Gasteiger charge is 2.10. The van der Waals surface area contributed by atoms with Crippen LogP contribution in [0.4, 0.5) is 0 Å². The van der Waals surface area contributed by atoms with Gasteiger partial charge in [0, 0.05) is 13.0 Å². The number of nitrogens with one attached hydrogen (secondary N) is 1. The second kappa shape index (κ2) is 9.82. The van der Waals surface area contributed by atoms with E-state index in [0.717, 1.165) is 37.7 Å². The van der Waals surface area contributed by atoms with Crippen LogP contribution in [0.2, 0.25) is 0 Å². The molecule has 0 radical (unpaired) electrons. The summed E-state index contributed by atoms with van der Waals surface area (Å²) >= 11 is 0. The third kappa shape index (κ3) is 6.61. The molecule has 1 aromatic carbocycles. The number of aliphatic carboxylic acids is 1. The smallest absolute Gasteiger partial charge is 0.303 e. The van der Waals surface area contributed by atoms with Crippen LogP contribution >= 0.6 is 0 Å². The number of phenols is 1. The molecule has 3 N–H and O–H groups in total. The van der Waals surface area contributed by atoms with Gasteiger partial charge in [-0.1, -0.05) is 32.3 Å². The Kier molecular flexibility index (Phi) is 8.04. The quantitative estimate of drug-likeness (QED) is 0.580. The lowest BCUT2D eigenvalue weighted by Crippen LogP contribution is -2.24. The minimum Gasteiger partial charge on any atom is -0.507 e. The van der Waals surface area contributed by atoms with Crippen LogP contribution < -0.4 is 5.32 Å². The second-order valence-electron chi connectivity index (χ2n) is 5.37. The van der Waals surface area contributed by atoms with Crippen LogP contribution in [0.15, 0.2) is 18.2 Å². The van der Waals surface area contributed by atoms with Gasteiger partial charge in [-0.25, -0.2) is 0 Å². The molecule has 0 heterocycles. The third-order valence-corrected chi connectivity index (χ3v) is 3.57. The van der Waals surface area contributed by atoms with Gasteiger partial charge in [-0.15, -0.1) is 0 Å². The molecule has 0 saturated heterocycles. The minimum absolute atomic E-state index is 0.0190. The molecule has 1 rings (SSSR count). The van der Waals surface area contributed by atoms with Gasteiger partial charge in [0.15, 0.2) is 0 Å². The zero-order valence-electron chi connectivity index (χ0n) is 13.1. The Hall–Kier alpha value is -2.04. The first kappa shape index (κ1) is 18.0. The highest BCUT2D eigenvalue weighted by atomic mass is 16.4. The Labute approximate surface area is 131 Å². The van der Waals surface area contributed by atoms with Gasteiger partial charge in [-0.2, -0.15) is 0 Å². The molecule has 1 aromatic rings. The Morgan fingerprint density at radius 2 is 1.77 bits per heavy atom. The molecule has 0 atom stereocenters. The maximum atomic E-state index is 11.9. The molecule has 1 amide bonds. The van der Waals surface area contributed by atoms with E-state index < -0.39 is 5.97 Å². The number of rotatable bonds is 10. The van der Waals surface area contributed by atoms with E-state index in [1.54, 1.807) is 12.1 Å². The lowest BCUT2D eigenvalue weighted by atomic mass is 10.1. The summed E-state index contributed by atoms with van der Waals surface area (Å²) in [5.41, 5.74) is 1.30. The monoisotopic (exact) mass is 307 g/mol. The number of aryl methyl sites for hydroxylation is 1. The summed E-state index contributed by atoms with van der Waals surface area (Å²) in [7, 11) is 0. The van der Waals surface area contributed by atoms with Gasteiger partial charge < -0.3 is 15.5 Å². The Morgan fingerprint density at radius 3 is 2.41 bits per heavy atom. The van der Waals surface area contributed by atoms with Gasteiger partial charge in [0.25, 0.3) is 5.91 Å². The maximum absolute atomic E-state index is 11.9. The fourth-order valence-electron chi connectivity index (χ4n) is 2.22. The molecule has 0 bridgehead atoms. The highest BCUT2D eigenvalue weighted by molar-refractivity contribution is 5.96. The van der Waals surface area contributed by atoms with E-state index >= 15 is 0 Å². The fraction of sp³-hybridized carbons (Fsp3) is 0.529. The van der Waals surface area contributed by atoms with Crippen molar-refractivity contribution in [3.8, 4) is 5.75 Å². The molecule has 0 spiro atoms. The standard InChI is InChI=1S/C17H25NO4/c1-2-13-9-10-14(15(19)12-13)17(22)18-11-7-5-3-4-6-8-16(20)21/h9-10,12,19H,2-8,11H2,1H3,(H,18,22)(H,20,21). The molecule has 0 saturated carbocycles. The van der Waals surface area contributed by atoms with Crippen molar-refractivity contribution in [3.05, 3.63) is 29.3 Å². The van der Waals surface area contributed by atoms with Gasteiger partial charge in [0.05, 0.1) is 5.56 Å². The van der Waals surface area contributed by atoms with Crippen LogP contribution in [-0.2, 0) is 11.2 Å². The average molecular weight is 307 g/mol. The van der Waals surface area contributed by atoms with Crippen LogP contribution in [-0.4, -0.2) is 28.6 Å².